The van der Waals surface area contributed by atoms with Crippen molar-refractivity contribution in [1.29, 1.82) is 0 Å². The van der Waals surface area contributed by atoms with Crippen LogP contribution in [0.15, 0.2) is 10.4 Å². The summed E-state index contributed by atoms with van der Waals surface area (Å²) in [6.07, 6.45) is 3.62. The third-order valence-corrected chi connectivity index (χ3v) is 6.00. The van der Waals surface area contributed by atoms with Crippen molar-refractivity contribution in [2.75, 3.05) is 25.9 Å². The van der Waals surface area contributed by atoms with E-state index in [1.807, 2.05) is 7.05 Å². The third-order valence-electron chi connectivity index (χ3n) is 3.70. The monoisotopic (exact) mass is 340 g/mol. The molecule has 1 aliphatic rings. The molecule has 2 rings (SSSR count). The number of guanidine groups is 1. The number of nitrogens with zero attached hydrogens (tertiary/aromatic N) is 2. The molecule has 0 bridgehead atoms. The van der Waals surface area contributed by atoms with Gasteiger partial charge in [0.05, 0.1) is 10.7 Å². The highest BCUT2D eigenvalue weighted by Crippen LogP contribution is 2.25. The van der Waals surface area contributed by atoms with Gasteiger partial charge in [-0.3, -0.25) is 4.99 Å². The summed E-state index contributed by atoms with van der Waals surface area (Å²) in [6, 6.07) is 0. The summed E-state index contributed by atoms with van der Waals surface area (Å²) in [5.74, 6) is 2.21. The Morgan fingerprint density at radius 1 is 1.41 bits per heavy atom. The van der Waals surface area contributed by atoms with Crippen molar-refractivity contribution in [2.45, 2.75) is 50.7 Å². The Hall–Kier alpha value is -0.750. The van der Waals surface area contributed by atoms with E-state index in [0.29, 0.717) is 0 Å². The van der Waals surface area contributed by atoms with Crippen LogP contribution >= 0.6 is 23.1 Å². The number of rotatable bonds is 5. The molecule has 0 amide bonds. The Bertz CT molecular complexity index is 485. The van der Waals surface area contributed by atoms with Gasteiger partial charge in [0.15, 0.2) is 5.96 Å². The lowest BCUT2D eigenvalue weighted by Gasteiger charge is -2.15. The number of hydrogen-bond donors (Lipinski definition) is 2. The Kier molecular flexibility index (Phi) is 6.56. The molecule has 124 valence electrons. The van der Waals surface area contributed by atoms with E-state index in [4.69, 9.17) is 4.98 Å². The van der Waals surface area contributed by atoms with Crippen molar-refractivity contribution >= 4 is 29.1 Å². The first kappa shape index (κ1) is 17.6. The van der Waals surface area contributed by atoms with Crippen LogP contribution in [0.4, 0.5) is 0 Å². The average molecular weight is 341 g/mol. The van der Waals surface area contributed by atoms with Gasteiger partial charge in [0.1, 0.15) is 0 Å². The van der Waals surface area contributed by atoms with Crippen molar-refractivity contribution in [3.8, 4) is 0 Å². The number of aromatic nitrogens is 1. The minimum absolute atomic E-state index is 0.138. The van der Waals surface area contributed by atoms with Gasteiger partial charge in [-0.2, -0.15) is 11.8 Å². The smallest absolute Gasteiger partial charge is 0.191 e. The van der Waals surface area contributed by atoms with Gasteiger partial charge in [0.2, 0.25) is 0 Å². The number of thioether (sulfide) groups is 1. The zero-order valence-corrected chi connectivity index (χ0v) is 15.7. The van der Waals surface area contributed by atoms with Crippen LogP contribution in [0.25, 0.3) is 0 Å². The lowest BCUT2D eigenvalue weighted by atomic mass is 9.93. The molecule has 0 radical (unpaired) electrons. The van der Waals surface area contributed by atoms with Crippen LogP contribution in [0.2, 0.25) is 0 Å². The molecule has 1 aromatic heterocycles. The van der Waals surface area contributed by atoms with Gasteiger partial charge in [-0.1, -0.05) is 20.8 Å². The topological polar surface area (TPSA) is 49.3 Å². The van der Waals surface area contributed by atoms with Gasteiger partial charge >= 0.3 is 0 Å². The molecule has 1 aromatic rings. The molecule has 0 aliphatic carbocycles. The summed E-state index contributed by atoms with van der Waals surface area (Å²) in [5, 5.41) is 10.9. The summed E-state index contributed by atoms with van der Waals surface area (Å²) in [5.41, 5.74) is 1.33. The number of nitrogens with one attached hydrogen (secondary N) is 2. The Balaban J connectivity index is 1.71. The van der Waals surface area contributed by atoms with Gasteiger partial charge in [-0.15, -0.1) is 11.3 Å². The highest BCUT2D eigenvalue weighted by atomic mass is 32.2. The maximum Gasteiger partial charge on any atom is 0.191 e. The first-order chi connectivity index (χ1) is 10.5. The van der Waals surface area contributed by atoms with Crippen LogP contribution in [-0.4, -0.2) is 42.1 Å². The van der Waals surface area contributed by atoms with E-state index < -0.39 is 0 Å². The Morgan fingerprint density at radius 3 is 2.82 bits per heavy atom. The van der Waals surface area contributed by atoms with E-state index in [-0.39, 0.29) is 5.41 Å². The Morgan fingerprint density at radius 2 is 2.23 bits per heavy atom. The number of hydrogen-bond acceptors (Lipinski definition) is 4. The Labute approximate surface area is 142 Å². The van der Waals surface area contributed by atoms with Gasteiger partial charge in [0, 0.05) is 42.6 Å². The highest BCUT2D eigenvalue weighted by Gasteiger charge is 2.17. The fourth-order valence-electron chi connectivity index (χ4n) is 2.29. The molecule has 2 heterocycles. The van der Waals surface area contributed by atoms with Gasteiger partial charge < -0.3 is 10.6 Å². The van der Waals surface area contributed by atoms with E-state index in [1.54, 1.807) is 11.3 Å². The first-order valence-corrected chi connectivity index (χ1v) is 9.93. The highest BCUT2D eigenvalue weighted by molar-refractivity contribution is 8.00. The van der Waals surface area contributed by atoms with Crippen LogP contribution < -0.4 is 10.6 Å². The summed E-state index contributed by atoms with van der Waals surface area (Å²) in [4.78, 5) is 9.02. The molecule has 1 aliphatic heterocycles. The van der Waals surface area contributed by atoms with E-state index in [1.165, 1.54) is 29.3 Å². The van der Waals surface area contributed by atoms with Gasteiger partial charge in [0.25, 0.3) is 0 Å². The minimum Gasteiger partial charge on any atom is -0.356 e. The standard InChI is InChI=1S/C16H28N4S2/c1-16(2,3)13-11-22-14(20-13)7-8-18-15(17-4)19-10-12-6-5-9-21-12/h11-12H,5-10H2,1-4H3,(H2,17,18,19). The maximum absolute atomic E-state index is 4.73. The summed E-state index contributed by atoms with van der Waals surface area (Å²) >= 11 is 3.82. The molecule has 0 aromatic carbocycles. The molecule has 1 unspecified atom stereocenters. The van der Waals surface area contributed by atoms with Crippen LogP contribution in [0.3, 0.4) is 0 Å². The molecule has 1 saturated heterocycles. The lowest BCUT2D eigenvalue weighted by Crippen LogP contribution is -2.40. The molecule has 0 spiro atoms. The average Bonchev–Trinajstić information content (AvgIpc) is 3.13. The third kappa shape index (κ3) is 5.47. The molecular formula is C16H28N4S2. The second kappa shape index (κ2) is 8.20. The summed E-state index contributed by atoms with van der Waals surface area (Å²) < 4.78 is 0. The van der Waals surface area contributed by atoms with E-state index >= 15 is 0 Å². The maximum atomic E-state index is 4.73. The molecule has 0 saturated carbocycles. The molecule has 6 heteroatoms. The molecule has 2 N–H and O–H groups in total. The fourth-order valence-corrected chi connectivity index (χ4v) is 4.52. The van der Waals surface area contributed by atoms with E-state index in [9.17, 15) is 0 Å². The summed E-state index contributed by atoms with van der Waals surface area (Å²) in [7, 11) is 1.83. The van der Waals surface area contributed by atoms with Gasteiger partial charge in [-0.05, 0) is 18.6 Å². The van der Waals surface area contributed by atoms with Crippen molar-refractivity contribution in [2.24, 2.45) is 4.99 Å². The molecule has 4 nitrogen and oxygen atoms in total. The molecule has 1 fully saturated rings. The predicted octanol–water partition coefficient (Wildman–Crippen LogP) is 3.04. The van der Waals surface area contributed by atoms with Crippen LogP contribution in [0.5, 0.6) is 0 Å². The van der Waals surface area contributed by atoms with Crippen molar-refractivity contribution < 1.29 is 0 Å². The zero-order valence-electron chi connectivity index (χ0n) is 14.1. The zero-order chi connectivity index (χ0) is 16.0. The second-order valence-electron chi connectivity index (χ2n) is 6.64. The lowest BCUT2D eigenvalue weighted by molar-refractivity contribution is 0.570. The van der Waals surface area contributed by atoms with E-state index in [0.717, 1.165) is 30.7 Å². The molecule has 22 heavy (non-hydrogen) atoms. The first-order valence-electron chi connectivity index (χ1n) is 8.00. The molecule has 1 atom stereocenters. The number of thiazole rings is 1. The fraction of sp³-hybridized carbons (Fsp3) is 0.750. The van der Waals surface area contributed by atoms with E-state index in [2.05, 4.69) is 53.5 Å². The SMILES string of the molecule is CN=C(NCCc1nc(C(C)(C)C)cs1)NCC1CCCS1. The van der Waals surface area contributed by atoms with Gasteiger partial charge in [-0.25, -0.2) is 4.98 Å². The quantitative estimate of drug-likeness (QED) is 0.639. The normalized spacial score (nSPS) is 19.5. The minimum atomic E-state index is 0.138. The number of aliphatic imine (C=N–C) groups is 1. The summed E-state index contributed by atoms with van der Waals surface area (Å²) in [6.45, 7) is 8.50. The largest absolute Gasteiger partial charge is 0.356 e. The predicted molar refractivity (Wildman–Crippen MR) is 99.4 cm³/mol. The molecular weight excluding hydrogens is 312 g/mol. The van der Waals surface area contributed by atoms with Crippen molar-refractivity contribution in [1.82, 2.24) is 15.6 Å². The van der Waals surface area contributed by atoms with Crippen molar-refractivity contribution in [3.05, 3.63) is 16.1 Å². The van der Waals surface area contributed by atoms with Crippen LogP contribution in [0.1, 0.15) is 44.3 Å². The van der Waals surface area contributed by atoms with Crippen LogP contribution in [0, 0.1) is 0 Å². The second-order valence-corrected chi connectivity index (χ2v) is 8.99. The van der Waals surface area contributed by atoms with Crippen LogP contribution in [-0.2, 0) is 11.8 Å². The van der Waals surface area contributed by atoms with Crippen molar-refractivity contribution in [3.63, 3.8) is 0 Å².